The molecule has 1 aliphatic rings. The quantitative estimate of drug-likeness (QED) is 0.873. The predicted octanol–water partition coefficient (Wildman–Crippen LogP) is 3.90. The van der Waals surface area contributed by atoms with Crippen molar-refractivity contribution in [3.05, 3.63) is 64.7 Å². The van der Waals surface area contributed by atoms with E-state index in [9.17, 15) is 0 Å². The van der Waals surface area contributed by atoms with Crippen LogP contribution in [0.25, 0.3) is 0 Å². The van der Waals surface area contributed by atoms with E-state index in [2.05, 4.69) is 55.6 Å². The highest BCUT2D eigenvalue weighted by Crippen LogP contribution is 2.27. The van der Waals surface area contributed by atoms with Gasteiger partial charge in [0.1, 0.15) is 5.75 Å². The monoisotopic (exact) mass is 327 g/mol. The van der Waals surface area contributed by atoms with Gasteiger partial charge in [0.05, 0.1) is 20.3 Å². The summed E-state index contributed by atoms with van der Waals surface area (Å²) in [5.74, 6) is 0.923. The Hall–Kier alpha value is -1.88. The second kappa shape index (κ2) is 7.79. The van der Waals surface area contributed by atoms with E-state index in [1.807, 2.05) is 6.07 Å². The van der Waals surface area contributed by atoms with Crippen LogP contribution in [0, 0.1) is 6.92 Å². The minimum Gasteiger partial charge on any atom is -0.496 e. The van der Waals surface area contributed by atoms with Crippen molar-refractivity contribution in [2.24, 2.45) is 0 Å². The summed E-state index contributed by atoms with van der Waals surface area (Å²) in [7, 11) is 1.72. The lowest BCUT2D eigenvalue weighted by atomic mass is 10.0. The summed E-state index contributed by atoms with van der Waals surface area (Å²) < 4.78 is 16.5. The average Bonchev–Trinajstić information content (AvgIpc) is 3.14. The van der Waals surface area contributed by atoms with Crippen molar-refractivity contribution in [1.82, 2.24) is 5.32 Å². The summed E-state index contributed by atoms with van der Waals surface area (Å²) in [6.07, 6.45) is -0.206. The third-order valence-corrected chi connectivity index (χ3v) is 4.34. The number of aryl methyl sites for hydroxylation is 1. The van der Waals surface area contributed by atoms with Gasteiger partial charge in [-0.1, -0.05) is 42.0 Å². The third kappa shape index (κ3) is 3.96. The highest BCUT2D eigenvalue weighted by atomic mass is 16.7. The number of ether oxygens (including phenoxy) is 3. The van der Waals surface area contributed by atoms with Gasteiger partial charge >= 0.3 is 0 Å². The summed E-state index contributed by atoms with van der Waals surface area (Å²) >= 11 is 0. The third-order valence-electron chi connectivity index (χ3n) is 4.34. The van der Waals surface area contributed by atoms with Crippen molar-refractivity contribution in [2.45, 2.75) is 32.7 Å². The molecule has 0 radical (unpaired) electrons. The Balaban J connectivity index is 1.61. The number of hydrogen-bond donors (Lipinski definition) is 1. The highest BCUT2D eigenvalue weighted by molar-refractivity contribution is 5.39. The predicted molar refractivity (Wildman–Crippen MR) is 94.1 cm³/mol. The van der Waals surface area contributed by atoms with Gasteiger partial charge < -0.3 is 19.5 Å². The van der Waals surface area contributed by atoms with Crippen molar-refractivity contribution in [2.75, 3.05) is 20.3 Å². The van der Waals surface area contributed by atoms with Crippen LogP contribution in [0.15, 0.2) is 42.5 Å². The van der Waals surface area contributed by atoms with E-state index in [0.29, 0.717) is 13.2 Å². The largest absolute Gasteiger partial charge is 0.496 e. The molecular formula is C20H25NO3. The lowest BCUT2D eigenvalue weighted by Crippen LogP contribution is -2.19. The van der Waals surface area contributed by atoms with Crippen molar-refractivity contribution in [1.29, 1.82) is 0 Å². The van der Waals surface area contributed by atoms with Gasteiger partial charge in [-0.2, -0.15) is 0 Å². The second-order valence-corrected chi connectivity index (χ2v) is 6.16. The van der Waals surface area contributed by atoms with Crippen LogP contribution in [0.2, 0.25) is 0 Å². The molecule has 3 rings (SSSR count). The number of rotatable bonds is 6. The second-order valence-electron chi connectivity index (χ2n) is 6.16. The van der Waals surface area contributed by atoms with Crippen molar-refractivity contribution < 1.29 is 14.2 Å². The van der Waals surface area contributed by atoms with E-state index in [0.717, 1.165) is 17.9 Å². The fraction of sp³-hybridized carbons (Fsp3) is 0.400. The normalized spacial score (nSPS) is 16.3. The SMILES string of the molecule is COc1ccc(C)cc1[C@@H](C)NCc1ccc(C2OCCO2)cc1. The maximum Gasteiger partial charge on any atom is 0.184 e. The Kier molecular flexibility index (Phi) is 5.51. The first kappa shape index (κ1) is 17.0. The van der Waals surface area contributed by atoms with Crippen molar-refractivity contribution in [3.63, 3.8) is 0 Å². The van der Waals surface area contributed by atoms with Gasteiger partial charge in [0.15, 0.2) is 6.29 Å². The number of nitrogens with one attached hydrogen (secondary N) is 1. The van der Waals surface area contributed by atoms with E-state index in [1.54, 1.807) is 7.11 Å². The molecule has 0 saturated carbocycles. The first-order valence-electron chi connectivity index (χ1n) is 8.37. The van der Waals surface area contributed by atoms with Gasteiger partial charge in [-0.25, -0.2) is 0 Å². The lowest BCUT2D eigenvalue weighted by molar-refractivity contribution is -0.0441. The molecule has 1 saturated heterocycles. The molecule has 4 nitrogen and oxygen atoms in total. The van der Waals surface area contributed by atoms with Gasteiger partial charge in [-0.3, -0.25) is 0 Å². The molecule has 0 aliphatic carbocycles. The Labute approximate surface area is 143 Å². The van der Waals surface area contributed by atoms with Crippen LogP contribution < -0.4 is 10.1 Å². The van der Waals surface area contributed by atoms with E-state index < -0.39 is 0 Å². The molecule has 1 atom stereocenters. The topological polar surface area (TPSA) is 39.7 Å². The summed E-state index contributed by atoms with van der Waals surface area (Å²) in [5, 5.41) is 3.56. The number of benzene rings is 2. The average molecular weight is 327 g/mol. The molecule has 1 heterocycles. The Morgan fingerprint density at radius 2 is 1.83 bits per heavy atom. The van der Waals surface area contributed by atoms with Crippen LogP contribution in [0.4, 0.5) is 0 Å². The van der Waals surface area contributed by atoms with Crippen LogP contribution in [0.3, 0.4) is 0 Å². The van der Waals surface area contributed by atoms with Crippen LogP contribution in [0.1, 0.15) is 41.5 Å². The highest BCUT2D eigenvalue weighted by Gasteiger charge is 2.18. The molecular weight excluding hydrogens is 302 g/mol. The summed E-state index contributed by atoms with van der Waals surface area (Å²) in [5.41, 5.74) is 4.72. The van der Waals surface area contributed by atoms with E-state index in [-0.39, 0.29) is 12.3 Å². The number of hydrogen-bond acceptors (Lipinski definition) is 4. The maximum absolute atomic E-state index is 5.52. The molecule has 0 unspecified atom stereocenters. The van der Waals surface area contributed by atoms with E-state index in [4.69, 9.17) is 14.2 Å². The Bertz CT molecular complexity index is 663. The van der Waals surface area contributed by atoms with Crippen molar-refractivity contribution >= 4 is 0 Å². The zero-order valence-corrected chi connectivity index (χ0v) is 14.5. The van der Waals surface area contributed by atoms with Crippen LogP contribution in [-0.4, -0.2) is 20.3 Å². The van der Waals surface area contributed by atoms with Crippen LogP contribution in [0.5, 0.6) is 5.75 Å². The molecule has 1 aliphatic heterocycles. The molecule has 1 fully saturated rings. The van der Waals surface area contributed by atoms with Crippen LogP contribution in [-0.2, 0) is 16.0 Å². The zero-order valence-electron chi connectivity index (χ0n) is 14.5. The molecule has 2 aromatic carbocycles. The molecule has 0 aromatic heterocycles. The lowest BCUT2D eigenvalue weighted by Gasteiger charge is -2.18. The zero-order chi connectivity index (χ0) is 16.9. The summed E-state index contributed by atoms with van der Waals surface area (Å²) in [6, 6.07) is 14.9. The molecule has 2 aromatic rings. The van der Waals surface area contributed by atoms with Gasteiger partial charge in [-0.15, -0.1) is 0 Å². The molecule has 24 heavy (non-hydrogen) atoms. The fourth-order valence-electron chi connectivity index (χ4n) is 2.92. The standard InChI is InChI=1S/C20H25NO3/c1-14-4-9-19(22-3)18(12-14)15(2)21-13-16-5-7-17(8-6-16)20-23-10-11-24-20/h4-9,12,15,20-21H,10-11,13H2,1-3H3/t15-/m1/s1. The first-order valence-corrected chi connectivity index (χ1v) is 8.37. The molecule has 0 spiro atoms. The first-order chi connectivity index (χ1) is 11.7. The molecule has 4 heteroatoms. The fourth-order valence-corrected chi connectivity index (χ4v) is 2.92. The van der Waals surface area contributed by atoms with Crippen LogP contribution >= 0.6 is 0 Å². The minimum atomic E-state index is -0.206. The molecule has 0 bridgehead atoms. The van der Waals surface area contributed by atoms with Gasteiger partial charge in [0, 0.05) is 23.7 Å². The van der Waals surface area contributed by atoms with Gasteiger partial charge in [0.25, 0.3) is 0 Å². The minimum absolute atomic E-state index is 0.206. The number of methoxy groups -OCH3 is 1. The Morgan fingerprint density at radius 1 is 1.12 bits per heavy atom. The summed E-state index contributed by atoms with van der Waals surface area (Å²) in [6.45, 7) is 6.39. The molecule has 128 valence electrons. The molecule has 0 amide bonds. The Morgan fingerprint density at radius 3 is 2.50 bits per heavy atom. The van der Waals surface area contributed by atoms with Crippen molar-refractivity contribution in [3.8, 4) is 5.75 Å². The molecule has 1 N–H and O–H groups in total. The van der Waals surface area contributed by atoms with Gasteiger partial charge in [0.2, 0.25) is 0 Å². The van der Waals surface area contributed by atoms with Gasteiger partial charge in [-0.05, 0) is 25.5 Å². The smallest absolute Gasteiger partial charge is 0.184 e. The maximum atomic E-state index is 5.52. The van der Waals surface area contributed by atoms with E-state index >= 15 is 0 Å². The van der Waals surface area contributed by atoms with E-state index in [1.165, 1.54) is 16.7 Å². The summed E-state index contributed by atoms with van der Waals surface area (Å²) in [4.78, 5) is 0.